The van der Waals surface area contributed by atoms with E-state index in [9.17, 15) is 17.7 Å². The average Bonchev–Trinajstić information content (AvgIpc) is 2.55. The SMILES string of the molecule is COc1cc(CC(C)OP=O)ccc1Nc1ncc(C(F)(F)F)c(Cl)n1. The molecule has 0 amide bonds. The van der Waals surface area contributed by atoms with Crippen molar-refractivity contribution in [1.29, 1.82) is 0 Å². The Morgan fingerprint density at radius 3 is 2.69 bits per heavy atom. The van der Waals surface area contributed by atoms with Gasteiger partial charge in [0, 0.05) is 6.20 Å². The first-order valence-corrected chi connectivity index (χ1v) is 8.37. The molecule has 0 saturated carbocycles. The molecule has 0 radical (unpaired) electrons. The maximum atomic E-state index is 12.7. The van der Waals surface area contributed by atoms with E-state index in [4.69, 9.17) is 20.9 Å². The van der Waals surface area contributed by atoms with E-state index in [1.807, 2.05) is 0 Å². The van der Waals surface area contributed by atoms with E-state index in [0.29, 0.717) is 24.1 Å². The van der Waals surface area contributed by atoms with Crippen molar-refractivity contribution in [2.75, 3.05) is 12.4 Å². The summed E-state index contributed by atoms with van der Waals surface area (Å²) >= 11 is 5.58. The molecular formula is C15H14ClF3N3O3P. The van der Waals surface area contributed by atoms with Gasteiger partial charge in [-0.15, -0.1) is 0 Å². The van der Waals surface area contributed by atoms with Gasteiger partial charge in [-0.1, -0.05) is 17.7 Å². The van der Waals surface area contributed by atoms with E-state index >= 15 is 0 Å². The molecule has 0 aliphatic heterocycles. The number of alkyl halides is 3. The quantitative estimate of drug-likeness (QED) is 0.511. The van der Waals surface area contributed by atoms with Crippen LogP contribution < -0.4 is 10.1 Å². The minimum Gasteiger partial charge on any atom is -0.495 e. The normalized spacial score (nSPS) is 12.8. The second-order valence-corrected chi connectivity index (χ2v) is 5.97. The summed E-state index contributed by atoms with van der Waals surface area (Å²) in [6.07, 6.45) is -3.79. The van der Waals surface area contributed by atoms with Crippen LogP contribution in [0, 0.1) is 0 Å². The van der Waals surface area contributed by atoms with E-state index in [1.54, 1.807) is 25.1 Å². The number of hydrogen-bond acceptors (Lipinski definition) is 6. The molecule has 0 spiro atoms. The summed E-state index contributed by atoms with van der Waals surface area (Å²) in [6, 6.07) is 5.14. The van der Waals surface area contributed by atoms with Crippen molar-refractivity contribution in [2.24, 2.45) is 0 Å². The Morgan fingerprint density at radius 2 is 2.12 bits per heavy atom. The summed E-state index contributed by atoms with van der Waals surface area (Å²) in [5, 5.41) is 2.07. The molecule has 1 aromatic heterocycles. The van der Waals surface area contributed by atoms with E-state index < -0.39 is 25.6 Å². The van der Waals surface area contributed by atoms with E-state index in [0.717, 1.165) is 5.56 Å². The summed E-state index contributed by atoms with van der Waals surface area (Å²) in [7, 11) is 1.05. The molecular weight excluding hydrogens is 394 g/mol. The van der Waals surface area contributed by atoms with Crippen LogP contribution in [0.2, 0.25) is 5.15 Å². The van der Waals surface area contributed by atoms with Gasteiger partial charge < -0.3 is 10.1 Å². The monoisotopic (exact) mass is 407 g/mol. The summed E-state index contributed by atoms with van der Waals surface area (Å²) < 4.78 is 58.7. The van der Waals surface area contributed by atoms with Crippen LogP contribution in [0.3, 0.4) is 0 Å². The largest absolute Gasteiger partial charge is 0.495 e. The van der Waals surface area contributed by atoms with Crippen molar-refractivity contribution in [2.45, 2.75) is 25.6 Å². The lowest BCUT2D eigenvalue weighted by Crippen LogP contribution is -2.09. The number of methoxy groups -OCH3 is 1. The summed E-state index contributed by atoms with van der Waals surface area (Å²) in [5.41, 5.74) is 0.191. The molecule has 6 nitrogen and oxygen atoms in total. The Morgan fingerprint density at radius 1 is 1.38 bits per heavy atom. The highest BCUT2D eigenvalue weighted by atomic mass is 35.5. The number of ether oxygens (including phenoxy) is 1. The van der Waals surface area contributed by atoms with Crippen LogP contribution in [0.15, 0.2) is 24.4 Å². The van der Waals surface area contributed by atoms with Gasteiger partial charge in [0.25, 0.3) is 0 Å². The van der Waals surface area contributed by atoms with Crippen molar-refractivity contribution < 1.29 is 27.0 Å². The van der Waals surface area contributed by atoms with E-state index in [1.165, 1.54) is 7.11 Å². The average molecular weight is 408 g/mol. The predicted octanol–water partition coefficient (Wildman–Crippen LogP) is 5.06. The first-order chi connectivity index (χ1) is 12.2. The third-order valence-electron chi connectivity index (χ3n) is 3.31. The number of aromatic nitrogens is 2. The smallest absolute Gasteiger partial charge is 0.420 e. The van der Waals surface area contributed by atoms with Gasteiger partial charge in [-0.2, -0.15) is 13.2 Å². The predicted molar refractivity (Wildman–Crippen MR) is 90.2 cm³/mol. The summed E-state index contributed by atoms with van der Waals surface area (Å²) in [6.45, 7) is 1.77. The van der Waals surface area contributed by atoms with Crippen molar-refractivity contribution in [3.8, 4) is 5.75 Å². The number of rotatable bonds is 7. The number of anilines is 2. The highest BCUT2D eigenvalue weighted by molar-refractivity contribution is 7.17. The lowest BCUT2D eigenvalue weighted by Gasteiger charge is -2.14. The summed E-state index contributed by atoms with van der Waals surface area (Å²) in [5.74, 6) is 0.324. The van der Waals surface area contributed by atoms with Gasteiger partial charge in [0.2, 0.25) is 5.95 Å². The van der Waals surface area contributed by atoms with Gasteiger partial charge in [0.15, 0.2) is 0 Å². The highest BCUT2D eigenvalue weighted by Crippen LogP contribution is 2.34. The second-order valence-electron chi connectivity index (χ2n) is 5.25. The molecule has 1 atom stereocenters. The zero-order chi connectivity index (χ0) is 19.3. The number of hydrogen-bond donors (Lipinski definition) is 1. The Bertz CT molecular complexity index is 792. The van der Waals surface area contributed by atoms with Gasteiger partial charge in [0.1, 0.15) is 16.5 Å². The number of halogens is 4. The maximum Gasteiger partial charge on any atom is 0.420 e. The number of nitrogens with one attached hydrogen (secondary N) is 1. The molecule has 0 aliphatic carbocycles. The zero-order valence-corrected chi connectivity index (χ0v) is 15.3. The third-order valence-corrected chi connectivity index (χ3v) is 4.04. The van der Waals surface area contributed by atoms with Gasteiger partial charge >= 0.3 is 14.9 Å². The molecule has 1 aromatic carbocycles. The standard InChI is InChI=1S/C15H14ClF3N3O3P/c1-8(25-26-23)5-9-3-4-11(12(6-9)24-2)21-14-20-7-10(13(16)22-14)15(17,18)19/h3-4,6-8H,5H2,1-2H3,(H,20,21,22). The fourth-order valence-corrected chi connectivity index (χ4v) is 2.60. The Balaban J connectivity index is 2.21. The highest BCUT2D eigenvalue weighted by Gasteiger charge is 2.34. The molecule has 0 saturated heterocycles. The van der Waals surface area contributed by atoms with Crippen LogP contribution in [-0.4, -0.2) is 23.2 Å². The zero-order valence-electron chi connectivity index (χ0n) is 13.7. The van der Waals surface area contributed by atoms with Gasteiger partial charge in [-0.3, -0.25) is 4.52 Å². The number of nitrogens with zero attached hydrogens (tertiary/aromatic N) is 2. The van der Waals surface area contributed by atoms with Crippen LogP contribution in [0.4, 0.5) is 24.8 Å². The van der Waals surface area contributed by atoms with Gasteiger partial charge in [0.05, 0.1) is 18.9 Å². The first-order valence-electron chi connectivity index (χ1n) is 7.26. The molecule has 26 heavy (non-hydrogen) atoms. The van der Waals surface area contributed by atoms with Crippen molar-refractivity contribution >= 4 is 31.9 Å². The van der Waals surface area contributed by atoms with Crippen LogP contribution in [0.5, 0.6) is 5.75 Å². The number of benzene rings is 1. The van der Waals surface area contributed by atoms with Gasteiger partial charge in [-0.25, -0.2) is 14.5 Å². The summed E-state index contributed by atoms with van der Waals surface area (Å²) in [4.78, 5) is 7.25. The van der Waals surface area contributed by atoms with E-state index in [-0.39, 0.29) is 12.1 Å². The molecule has 0 aliphatic rings. The van der Waals surface area contributed by atoms with Crippen molar-refractivity contribution in [3.05, 3.63) is 40.7 Å². The third kappa shape index (κ3) is 5.27. The molecule has 2 aromatic rings. The fraction of sp³-hybridized carbons (Fsp3) is 0.333. The molecule has 11 heteroatoms. The van der Waals surface area contributed by atoms with Crippen LogP contribution in [0.25, 0.3) is 0 Å². The first kappa shape index (κ1) is 20.4. The Kier molecular flexibility index (Phi) is 6.75. The molecule has 1 N–H and O–H groups in total. The minimum absolute atomic E-state index is 0.101. The molecule has 0 bridgehead atoms. The maximum absolute atomic E-state index is 12.7. The Hall–Kier alpha value is -1.96. The topological polar surface area (TPSA) is 73.3 Å². The lowest BCUT2D eigenvalue weighted by atomic mass is 10.1. The van der Waals surface area contributed by atoms with Crippen molar-refractivity contribution in [3.63, 3.8) is 0 Å². The second kappa shape index (κ2) is 8.62. The van der Waals surface area contributed by atoms with Crippen molar-refractivity contribution in [1.82, 2.24) is 9.97 Å². The molecule has 0 fully saturated rings. The molecule has 2 rings (SSSR count). The molecule has 1 unspecified atom stereocenters. The lowest BCUT2D eigenvalue weighted by molar-refractivity contribution is -0.137. The Labute approximate surface area is 154 Å². The van der Waals surface area contributed by atoms with Gasteiger partial charge in [-0.05, 0) is 31.0 Å². The fourth-order valence-electron chi connectivity index (χ4n) is 2.14. The minimum atomic E-state index is -4.63. The molecule has 1 heterocycles. The van der Waals surface area contributed by atoms with Crippen LogP contribution in [-0.2, 0) is 21.7 Å². The van der Waals surface area contributed by atoms with Crippen LogP contribution >= 0.6 is 20.3 Å². The molecule has 140 valence electrons. The van der Waals surface area contributed by atoms with E-state index in [2.05, 4.69) is 15.3 Å². The van der Waals surface area contributed by atoms with Crippen LogP contribution in [0.1, 0.15) is 18.1 Å².